The number of halogens is 4. The molecule has 1 aliphatic carbocycles. The van der Waals surface area contributed by atoms with Crippen LogP contribution in [0.25, 0.3) is 0 Å². The monoisotopic (exact) mass is 363 g/mol. The van der Waals surface area contributed by atoms with Crippen molar-refractivity contribution < 1.29 is 13.2 Å². The molecule has 1 aliphatic rings. The van der Waals surface area contributed by atoms with Crippen LogP contribution in [0.15, 0.2) is 47.0 Å². The summed E-state index contributed by atoms with van der Waals surface area (Å²) in [6, 6.07) is 4.20. The number of alkyl halides is 3. The maximum absolute atomic E-state index is 12.3. The summed E-state index contributed by atoms with van der Waals surface area (Å²) in [5, 5.41) is 6.22. The van der Waals surface area contributed by atoms with Gasteiger partial charge in [0.25, 0.3) is 0 Å². The number of anilines is 1. The quantitative estimate of drug-likeness (QED) is 0.563. The van der Waals surface area contributed by atoms with Gasteiger partial charge in [0.05, 0.1) is 5.02 Å². The van der Waals surface area contributed by atoms with Gasteiger partial charge in [-0.15, -0.1) is 0 Å². The van der Waals surface area contributed by atoms with Gasteiger partial charge in [0, 0.05) is 16.3 Å². The van der Waals surface area contributed by atoms with E-state index >= 15 is 0 Å². The van der Waals surface area contributed by atoms with Gasteiger partial charge in [-0.1, -0.05) is 23.8 Å². The molecule has 0 fully saturated rings. The van der Waals surface area contributed by atoms with E-state index in [-0.39, 0.29) is 21.7 Å². The summed E-state index contributed by atoms with van der Waals surface area (Å²) in [5.41, 5.74) is -3.00. The Bertz CT molecular complexity index is 627. The third-order valence-electron chi connectivity index (χ3n) is 2.56. The van der Waals surface area contributed by atoms with E-state index in [0.717, 1.165) is 12.1 Å². The number of allylic oxidation sites excluding steroid dienone is 3. The molecule has 0 aliphatic heterocycles. The molecule has 0 saturated carbocycles. The van der Waals surface area contributed by atoms with Crippen LogP contribution in [0.5, 0.6) is 0 Å². The molecule has 2 rings (SSSR count). The van der Waals surface area contributed by atoms with Crippen molar-refractivity contribution in [3.8, 4) is 0 Å². The summed E-state index contributed by atoms with van der Waals surface area (Å²) < 4.78 is 37.0. The maximum Gasteiger partial charge on any atom is 0.446 e. The molecule has 0 amide bonds. The van der Waals surface area contributed by atoms with Crippen LogP contribution in [0.2, 0.25) is 5.02 Å². The SMILES string of the molecule is FC(F)(F)Sc1ccc(NC(=S)NC2=CC[CH]C=C2)cc1Cl. The van der Waals surface area contributed by atoms with Crippen LogP contribution < -0.4 is 10.6 Å². The molecule has 1 radical (unpaired) electrons. The Kier molecular flexibility index (Phi) is 5.77. The molecule has 2 N–H and O–H groups in total. The minimum absolute atomic E-state index is 0.0153. The molecule has 0 spiro atoms. The van der Waals surface area contributed by atoms with Crippen molar-refractivity contribution in [2.24, 2.45) is 0 Å². The fraction of sp³-hybridized carbons (Fsp3) is 0.143. The molecule has 0 saturated heterocycles. The second-order valence-corrected chi connectivity index (χ2v) is 6.18. The van der Waals surface area contributed by atoms with Gasteiger partial charge < -0.3 is 10.6 Å². The van der Waals surface area contributed by atoms with Crippen LogP contribution in [-0.4, -0.2) is 10.6 Å². The Morgan fingerprint density at radius 2 is 2.05 bits per heavy atom. The lowest BCUT2D eigenvalue weighted by Crippen LogP contribution is -2.27. The van der Waals surface area contributed by atoms with E-state index in [2.05, 4.69) is 10.6 Å². The van der Waals surface area contributed by atoms with Gasteiger partial charge in [0.2, 0.25) is 0 Å². The smallest absolute Gasteiger partial charge is 0.333 e. The summed E-state index contributed by atoms with van der Waals surface area (Å²) in [7, 11) is 0. The molecule has 2 nitrogen and oxygen atoms in total. The van der Waals surface area contributed by atoms with Crippen LogP contribution in [0, 0.1) is 6.42 Å². The molecule has 0 heterocycles. The minimum Gasteiger partial charge on any atom is -0.333 e. The maximum atomic E-state index is 12.3. The van der Waals surface area contributed by atoms with Crippen molar-refractivity contribution in [3.63, 3.8) is 0 Å². The number of thiocarbonyl (C=S) groups is 1. The summed E-state index contributed by atoms with van der Waals surface area (Å²) in [5.74, 6) is 0. The Hall–Kier alpha value is -1.18. The fourth-order valence-electron chi connectivity index (χ4n) is 1.69. The van der Waals surface area contributed by atoms with Gasteiger partial charge in [0.15, 0.2) is 5.11 Å². The largest absolute Gasteiger partial charge is 0.446 e. The predicted molar refractivity (Wildman–Crippen MR) is 88.9 cm³/mol. The highest BCUT2D eigenvalue weighted by atomic mass is 35.5. The van der Waals surface area contributed by atoms with Crippen LogP contribution in [-0.2, 0) is 0 Å². The molecule has 0 unspecified atom stereocenters. The molecule has 22 heavy (non-hydrogen) atoms. The highest BCUT2D eigenvalue weighted by molar-refractivity contribution is 8.00. The molecule has 8 heteroatoms. The van der Waals surface area contributed by atoms with Crippen LogP contribution >= 0.6 is 35.6 Å². The first kappa shape index (κ1) is 17.2. The van der Waals surface area contributed by atoms with Gasteiger partial charge in [-0.3, -0.25) is 0 Å². The van der Waals surface area contributed by atoms with Crippen molar-refractivity contribution in [2.75, 3.05) is 5.32 Å². The van der Waals surface area contributed by atoms with Crippen LogP contribution in [0.1, 0.15) is 6.42 Å². The van der Waals surface area contributed by atoms with E-state index < -0.39 is 5.51 Å². The number of hydrogen-bond donors (Lipinski definition) is 2. The Balaban J connectivity index is 1.98. The number of benzene rings is 1. The predicted octanol–water partition coefficient (Wildman–Crippen LogP) is 5.29. The van der Waals surface area contributed by atoms with E-state index in [1.54, 1.807) is 0 Å². The van der Waals surface area contributed by atoms with Crippen molar-refractivity contribution >= 4 is 46.4 Å². The second kappa shape index (κ2) is 7.39. The Morgan fingerprint density at radius 1 is 1.27 bits per heavy atom. The zero-order valence-electron chi connectivity index (χ0n) is 11.1. The molecule has 0 bridgehead atoms. The Morgan fingerprint density at radius 3 is 2.64 bits per heavy atom. The highest BCUT2D eigenvalue weighted by Crippen LogP contribution is 2.40. The summed E-state index contributed by atoms with van der Waals surface area (Å²) in [4.78, 5) is -0.0490. The first-order chi connectivity index (χ1) is 10.3. The third-order valence-corrected chi connectivity index (χ3v) is 4.00. The zero-order chi connectivity index (χ0) is 16.2. The van der Waals surface area contributed by atoms with Crippen molar-refractivity contribution in [1.29, 1.82) is 0 Å². The van der Waals surface area contributed by atoms with E-state index in [0.29, 0.717) is 10.8 Å². The van der Waals surface area contributed by atoms with E-state index in [4.69, 9.17) is 23.8 Å². The zero-order valence-corrected chi connectivity index (χ0v) is 13.5. The van der Waals surface area contributed by atoms with Gasteiger partial charge >= 0.3 is 5.51 Å². The molecule has 0 aromatic heterocycles. The first-order valence-corrected chi connectivity index (χ1v) is 7.77. The molecule has 0 atom stereocenters. The number of rotatable bonds is 3. The molecule has 1 aromatic rings. The molecular weight excluding hydrogens is 353 g/mol. The lowest BCUT2D eigenvalue weighted by molar-refractivity contribution is -0.0328. The van der Waals surface area contributed by atoms with E-state index in [1.807, 2.05) is 24.6 Å². The standard InChI is InChI=1S/C14H11ClF3N2S2/c15-11-8-10(6-7-12(11)22-14(16,17)18)20-13(21)19-9-4-2-1-3-5-9/h1-2,4-8H,3H2,(H2,19,20,21). The number of nitrogens with one attached hydrogen (secondary N) is 2. The van der Waals surface area contributed by atoms with E-state index in [1.165, 1.54) is 18.2 Å². The van der Waals surface area contributed by atoms with Crippen LogP contribution in [0.4, 0.5) is 18.9 Å². The van der Waals surface area contributed by atoms with Gasteiger partial charge in [-0.25, -0.2) is 0 Å². The normalized spacial score (nSPS) is 14.5. The average molecular weight is 364 g/mol. The van der Waals surface area contributed by atoms with Crippen LogP contribution in [0.3, 0.4) is 0 Å². The molecule has 117 valence electrons. The number of hydrogen-bond acceptors (Lipinski definition) is 2. The molecule has 1 aromatic carbocycles. The third kappa shape index (κ3) is 5.55. The highest BCUT2D eigenvalue weighted by Gasteiger charge is 2.30. The number of thioether (sulfide) groups is 1. The van der Waals surface area contributed by atoms with Crippen molar-refractivity contribution in [3.05, 3.63) is 53.6 Å². The fourth-order valence-corrected chi connectivity index (χ4v) is 2.76. The van der Waals surface area contributed by atoms with Gasteiger partial charge in [0.1, 0.15) is 0 Å². The van der Waals surface area contributed by atoms with Gasteiger partial charge in [-0.05, 0) is 61.1 Å². The topological polar surface area (TPSA) is 24.1 Å². The Labute approximate surface area is 140 Å². The first-order valence-electron chi connectivity index (χ1n) is 6.17. The van der Waals surface area contributed by atoms with Crippen molar-refractivity contribution in [2.45, 2.75) is 16.8 Å². The summed E-state index contributed by atoms with van der Waals surface area (Å²) >= 11 is 10.8. The summed E-state index contributed by atoms with van der Waals surface area (Å²) in [6.07, 6.45) is 8.55. The second-order valence-electron chi connectivity index (χ2n) is 4.26. The summed E-state index contributed by atoms with van der Waals surface area (Å²) in [6.45, 7) is 0. The minimum atomic E-state index is -4.37. The lowest BCUT2D eigenvalue weighted by atomic mass is 10.1. The average Bonchev–Trinajstić information content (AvgIpc) is 2.41. The van der Waals surface area contributed by atoms with E-state index in [9.17, 15) is 13.2 Å². The van der Waals surface area contributed by atoms with Crippen molar-refractivity contribution in [1.82, 2.24) is 5.32 Å². The lowest BCUT2D eigenvalue weighted by Gasteiger charge is -2.14. The van der Waals surface area contributed by atoms with Gasteiger partial charge in [-0.2, -0.15) is 13.2 Å². The molecular formula is C14H11ClF3N2S2.